The summed E-state index contributed by atoms with van der Waals surface area (Å²) in [5.74, 6) is 0.458. The molecule has 0 fully saturated rings. The summed E-state index contributed by atoms with van der Waals surface area (Å²) in [5.41, 5.74) is 1.59. The molecule has 0 spiro atoms. The molecule has 100 valence electrons. The average molecular weight is 289 g/mol. The Balaban J connectivity index is 1.82. The van der Waals surface area contributed by atoms with Gasteiger partial charge in [-0.2, -0.15) is 0 Å². The van der Waals surface area contributed by atoms with Crippen molar-refractivity contribution in [3.8, 4) is 11.5 Å². The molecule has 0 saturated carbocycles. The largest absolute Gasteiger partial charge is 0.420 e. The van der Waals surface area contributed by atoms with Gasteiger partial charge in [0.25, 0.3) is 0 Å². The van der Waals surface area contributed by atoms with Crippen LogP contribution in [0.15, 0.2) is 52.9 Å². The van der Waals surface area contributed by atoms with Crippen molar-refractivity contribution in [1.29, 1.82) is 0 Å². The van der Waals surface area contributed by atoms with E-state index in [1.807, 2.05) is 12.1 Å². The minimum atomic E-state index is -0.333. The van der Waals surface area contributed by atoms with Crippen molar-refractivity contribution in [3.05, 3.63) is 70.8 Å². The van der Waals surface area contributed by atoms with Crippen LogP contribution >= 0.6 is 11.6 Å². The molecule has 3 rings (SSSR count). The van der Waals surface area contributed by atoms with Gasteiger partial charge in [-0.05, 0) is 35.9 Å². The van der Waals surface area contributed by atoms with Crippen LogP contribution in [-0.2, 0) is 6.42 Å². The van der Waals surface area contributed by atoms with E-state index < -0.39 is 0 Å². The number of halogens is 2. The lowest BCUT2D eigenvalue weighted by molar-refractivity contribution is 0.517. The van der Waals surface area contributed by atoms with Gasteiger partial charge in [-0.25, -0.2) is 4.39 Å². The molecule has 0 atom stereocenters. The van der Waals surface area contributed by atoms with Crippen molar-refractivity contribution in [3.63, 3.8) is 0 Å². The Kier molecular flexibility index (Phi) is 3.48. The van der Waals surface area contributed by atoms with Gasteiger partial charge in [-0.15, -0.1) is 10.2 Å². The number of hydrogen-bond donors (Lipinski definition) is 0. The Morgan fingerprint density at radius 2 is 1.85 bits per heavy atom. The van der Waals surface area contributed by atoms with Crippen molar-refractivity contribution in [1.82, 2.24) is 10.2 Å². The highest BCUT2D eigenvalue weighted by molar-refractivity contribution is 6.30. The first-order valence-corrected chi connectivity index (χ1v) is 6.41. The summed E-state index contributed by atoms with van der Waals surface area (Å²) < 4.78 is 18.7. The van der Waals surface area contributed by atoms with Crippen LogP contribution in [0.5, 0.6) is 0 Å². The zero-order valence-corrected chi connectivity index (χ0v) is 11.1. The molecule has 0 aliphatic carbocycles. The van der Waals surface area contributed by atoms with Gasteiger partial charge >= 0.3 is 0 Å². The number of aromatic nitrogens is 2. The second-order valence-electron chi connectivity index (χ2n) is 4.31. The van der Waals surface area contributed by atoms with Crippen LogP contribution in [0.2, 0.25) is 5.02 Å². The highest BCUT2D eigenvalue weighted by Gasteiger charge is 2.09. The molecule has 5 heteroatoms. The van der Waals surface area contributed by atoms with E-state index in [1.165, 1.54) is 12.1 Å². The fourth-order valence-electron chi connectivity index (χ4n) is 1.84. The number of nitrogens with zero attached hydrogens (tertiary/aromatic N) is 2. The molecular formula is C15H10ClFN2O. The van der Waals surface area contributed by atoms with Gasteiger partial charge in [-0.3, -0.25) is 0 Å². The molecule has 3 nitrogen and oxygen atoms in total. The second kappa shape index (κ2) is 5.43. The maximum absolute atomic E-state index is 13.1. The lowest BCUT2D eigenvalue weighted by Crippen LogP contribution is -1.87. The van der Waals surface area contributed by atoms with E-state index >= 15 is 0 Å². The monoisotopic (exact) mass is 288 g/mol. The number of benzene rings is 2. The van der Waals surface area contributed by atoms with Crippen LogP contribution in [0.3, 0.4) is 0 Å². The summed E-state index contributed by atoms with van der Waals surface area (Å²) in [7, 11) is 0. The Morgan fingerprint density at radius 3 is 2.60 bits per heavy atom. The van der Waals surface area contributed by atoms with E-state index in [4.69, 9.17) is 16.0 Å². The average Bonchev–Trinajstić information content (AvgIpc) is 2.90. The predicted molar refractivity (Wildman–Crippen MR) is 74.0 cm³/mol. The summed E-state index contributed by atoms with van der Waals surface area (Å²) in [6, 6.07) is 13.5. The Labute approximate surface area is 120 Å². The Hall–Kier alpha value is -2.20. The first-order chi connectivity index (χ1) is 9.70. The van der Waals surface area contributed by atoms with Gasteiger partial charge < -0.3 is 4.42 Å². The fourth-order valence-corrected chi connectivity index (χ4v) is 1.97. The van der Waals surface area contributed by atoms with Crippen molar-refractivity contribution < 1.29 is 8.81 Å². The van der Waals surface area contributed by atoms with Gasteiger partial charge in [0.05, 0.1) is 6.42 Å². The standard InChI is InChI=1S/C15H10ClFN2O/c16-12-6-4-10(5-7-12)8-14-18-19-15(20-14)11-2-1-3-13(17)9-11/h1-7,9H,8H2. The summed E-state index contributed by atoms with van der Waals surface area (Å²) in [4.78, 5) is 0. The molecule has 3 aromatic rings. The third kappa shape index (κ3) is 2.86. The van der Waals surface area contributed by atoms with E-state index in [-0.39, 0.29) is 5.82 Å². The molecule has 0 unspecified atom stereocenters. The second-order valence-corrected chi connectivity index (χ2v) is 4.75. The van der Waals surface area contributed by atoms with Crippen LogP contribution in [0.4, 0.5) is 4.39 Å². The molecule has 20 heavy (non-hydrogen) atoms. The summed E-state index contributed by atoms with van der Waals surface area (Å²) in [6.45, 7) is 0. The highest BCUT2D eigenvalue weighted by Crippen LogP contribution is 2.20. The topological polar surface area (TPSA) is 38.9 Å². The van der Waals surface area contributed by atoms with E-state index in [1.54, 1.807) is 24.3 Å². The van der Waals surface area contributed by atoms with Gasteiger partial charge in [0.15, 0.2) is 0 Å². The molecule has 0 bridgehead atoms. The molecule has 1 heterocycles. The predicted octanol–water partition coefficient (Wildman–Crippen LogP) is 4.12. The van der Waals surface area contributed by atoms with Crippen molar-refractivity contribution in [2.75, 3.05) is 0 Å². The smallest absolute Gasteiger partial charge is 0.247 e. The van der Waals surface area contributed by atoms with Gasteiger partial charge in [0, 0.05) is 10.6 Å². The summed E-state index contributed by atoms with van der Waals surface area (Å²) >= 11 is 5.83. The highest BCUT2D eigenvalue weighted by atomic mass is 35.5. The van der Waals surface area contributed by atoms with Crippen LogP contribution in [0.1, 0.15) is 11.5 Å². The molecule has 0 saturated heterocycles. The van der Waals surface area contributed by atoms with Gasteiger partial charge in [0.1, 0.15) is 5.82 Å². The lowest BCUT2D eigenvalue weighted by atomic mass is 10.1. The molecule has 0 aliphatic heterocycles. The van der Waals surface area contributed by atoms with Crippen LogP contribution in [0.25, 0.3) is 11.5 Å². The zero-order valence-electron chi connectivity index (χ0n) is 10.4. The fraction of sp³-hybridized carbons (Fsp3) is 0.0667. The van der Waals surface area contributed by atoms with Crippen molar-refractivity contribution in [2.24, 2.45) is 0 Å². The summed E-state index contributed by atoms with van der Waals surface area (Å²) in [5, 5.41) is 8.58. The molecule has 2 aromatic carbocycles. The third-order valence-corrected chi connectivity index (χ3v) is 3.06. The Bertz CT molecular complexity index is 725. The molecular weight excluding hydrogens is 279 g/mol. The summed E-state index contributed by atoms with van der Waals surface area (Å²) in [6.07, 6.45) is 0.513. The minimum absolute atomic E-state index is 0.313. The Morgan fingerprint density at radius 1 is 1.05 bits per heavy atom. The quantitative estimate of drug-likeness (QED) is 0.728. The maximum Gasteiger partial charge on any atom is 0.247 e. The van der Waals surface area contributed by atoms with Crippen LogP contribution < -0.4 is 0 Å². The lowest BCUT2D eigenvalue weighted by Gasteiger charge is -1.97. The molecule has 0 N–H and O–H groups in total. The minimum Gasteiger partial charge on any atom is -0.420 e. The molecule has 0 amide bonds. The number of hydrogen-bond acceptors (Lipinski definition) is 3. The SMILES string of the molecule is Fc1cccc(-c2nnc(Cc3ccc(Cl)cc3)o2)c1. The zero-order chi connectivity index (χ0) is 13.9. The van der Waals surface area contributed by atoms with Gasteiger partial charge in [0.2, 0.25) is 11.8 Å². The van der Waals surface area contributed by atoms with Gasteiger partial charge in [-0.1, -0.05) is 29.8 Å². The maximum atomic E-state index is 13.1. The van der Waals surface area contributed by atoms with E-state index in [0.717, 1.165) is 5.56 Å². The normalized spacial score (nSPS) is 10.7. The molecule has 0 aliphatic rings. The van der Waals surface area contributed by atoms with E-state index in [0.29, 0.717) is 28.8 Å². The van der Waals surface area contributed by atoms with E-state index in [9.17, 15) is 4.39 Å². The van der Waals surface area contributed by atoms with Crippen molar-refractivity contribution >= 4 is 11.6 Å². The first-order valence-electron chi connectivity index (χ1n) is 6.03. The molecule has 0 radical (unpaired) electrons. The molecule has 1 aromatic heterocycles. The van der Waals surface area contributed by atoms with Crippen LogP contribution in [-0.4, -0.2) is 10.2 Å². The number of rotatable bonds is 3. The van der Waals surface area contributed by atoms with E-state index in [2.05, 4.69) is 10.2 Å². The van der Waals surface area contributed by atoms with Crippen molar-refractivity contribution in [2.45, 2.75) is 6.42 Å². The third-order valence-electron chi connectivity index (χ3n) is 2.81. The first kappa shape index (κ1) is 12.8. The van der Waals surface area contributed by atoms with Crippen LogP contribution in [0, 0.1) is 5.82 Å².